The van der Waals surface area contributed by atoms with Crippen molar-refractivity contribution < 1.29 is 19.4 Å². The number of carboxylic acid groups (broad SMARTS) is 1. The number of aryl methyl sites for hydroxylation is 1. The molecular formula is C26H27NO4. The molecule has 0 spiro atoms. The van der Waals surface area contributed by atoms with E-state index in [1.165, 1.54) is 5.56 Å². The highest BCUT2D eigenvalue weighted by atomic mass is 16.5. The maximum Gasteiger partial charge on any atom is 0.303 e. The number of hydrogen-bond acceptors (Lipinski definition) is 3. The molecule has 0 saturated carbocycles. The van der Waals surface area contributed by atoms with Gasteiger partial charge in [0.2, 0.25) is 0 Å². The molecule has 0 radical (unpaired) electrons. The van der Waals surface area contributed by atoms with Crippen molar-refractivity contribution in [3.05, 3.63) is 102 Å². The summed E-state index contributed by atoms with van der Waals surface area (Å²) in [6.45, 7) is 1.09. The van der Waals surface area contributed by atoms with Crippen LogP contribution in [0.1, 0.15) is 23.1 Å². The van der Waals surface area contributed by atoms with Gasteiger partial charge in [-0.25, -0.2) is 0 Å². The van der Waals surface area contributed by atoms with Crippen LogP contribution in [0.15, 0.2) is 84.9 Å². The van der Waals surface area contributed by atoms with Gasteiger partial charge in [-0.1, -0.05) is 72.8 Å². The Hall–Kier alpha value is -3.60. The summed E-state index contributed by atoms with van der Waals surface area (Å²) in [6.07, 6.45) is 1.34. The average Bonchev–Trinajstić information content (AvgIpc) is 2.81. The van der Waals surface area contributed by atoms with Crippen molar-refractivity contribution >= 4 is 11.9 Å². The van der Waals surface area contributed by atoms with Crippen LogP contribution in [0.4, 0.5) is 0 Å². The van der Waals surface area contributed by atoms with Crippen LogP contribution in [0.3, 0.4) is 0 Å². The predicted molar refractivity (Wildman–Crippen MR) is 120 cm³/mol. The summed E-state index contributed by atoms with van der Waals surface area (Å²) in [5.74, 6) is -0.301. The second-order valence-electron chi connectivity index (χ2n) is 7.36. The Morgan fingerprint density at radius 3 is 1.94 bits per heavy atom. The van der Waals surface area contributed by atoms with E-state index in [9.17, 15) is 9.59 Å². The van der Waals surface area contributed by atoms with Gasteiger partial charge in [-0.15, -0.1) is 0 Å². The molecule has 0 fully saturated rings. The predicted octanol–water partition coefficient (Wildman–Crippen LogP) is 4.35. The summed E-state index contributed by atoms with van der Waals surface area (Å²) in [5, 5.41) is 8.78. The zero-order valence-electron chi connectivity index (χ0n) is 17.4. The minimum atomic E-state index is -0.820. The summed E-state index contributed by atoms with van der Waals surface area (Å²) >= 11 is 0. The second kappa shape index (κ2) is 11.6. The number of amides is 1. The second-order valence-corrected chi connectivity index (χ2v) is 7.36. The zero-order chi connectivity index (χ0) is 21.9. The number of rotatable bonds is 11. The van der Waals surface area contributed by atoms with Crippen molar-refractivity contribution in [3.63, 3.8) is 0 Å². The molecule has 3 aromatic rings. The Balaban J connectivity index is 1.58. The largest absolute Gasteiger partial charge is 0.484 e. The molecule has 5 nitrogen and oxygen atoms in total. The van der Waals surface area contributed by atoms with Crippen LogP contribution in [0.25, 0.3) is 0 Å². The van der Waals surface area contributed by atoms with Gasteiger partial charge in [-0.3, -0.25) is 9.59 Å². The quantitative estimate of drug-likeness (QED) is 0.504. The first-order chi connectivity index (χ1) is 15.1. The van der Waals surface area contributed by atoms with E-state index in [0.29, 0.717) is 25.3 Å². The highest BCUT2D eigenvalue weighted by Gasteiger charge is 2.15. The van der Waals surface area contributed by atoms with Crippen LogP contribution in [-0.4, -0.2) is 35.0 Å². The molecule has 0 saturated heterocycles. The van der Waals surface area contributed by atoms with E-state index in [1.54, 1.807) is 12.1 Å². The van der Waals surface area contributed by atoms with Crippen LogP contribution in [-0.2, 0) is 29.0 Å². The number of carboxylic acids is 1. The zero-order valence-corrected chi connectivity index (χ0v) is 17.4. The lowest BCUT2D eigenvalue weighted by molar-refractivity contribution is -0.137. The van der Waals surface area contributed by atoms with E-state index in [1.807, 2.05) is 65.6 Å². The lowest BCUT2D eigenvalue weighted by Crippen LogP contribution is -2.36. The molecule has 160 valence electrons. The molecule has 0 bridgehead atoms. The monoisotopic (exact) mass is 417 g/mol. The summed E-state index contributed by atoms with van der Waals surface area (Å²) in [5.41, 5.74) is 3.19. The minimum Gasteiger partial charge on any atom is -0.484 e. The maximum absolute atomic E-state index is 12.9. The summed E-state index contributed by atoms with van der Waals surface area (Å²) in [7, 11) is 0. The summed E-state index contributed by atoms with van der Waals surface area (Å²) in [4.78, 5) is 25.4. The standard InChI is InChI=1S/C26H27NO4/c28-25(20-31-24-14-11-22(12-15-24)13-16-26(29)30)27(19-23-9-5-2-6-10-23)18-17-21-7-3-1-4-8-21/h1-12,14-15H,13,16-20H2,(H,29,30). The fourth-order valence-electron chi connectivity index (χ4n) is 3.24. The molecule has 31 heavy (non-hydrogen) atoms. The van der Waals surface area contributed by atoms with E-state index < -0.39 is 5.97 Å². The SMILES string of the molecule is O=C(O)CCc1ccc(OCC(=O)N(CCc2ccccc2)Cc2ccccc2)cc1. The highest BCUT2D eigenvalue weighted by Crippen LogP contribution is 2.14. The molecule has 0 aromatic heterocycles. The van der Waals surface area contributed by atoms with Gasteiger partial charge < -0.3 is 14.7 Å². The molecule has 5 heteroatoms. The molecule has 0 aliphatic carbocycles. The minimum absolute atomic E-state index is 0.0455. The Morgan fingerprint density at radius 1 is 0.742 bits per heavy atom. The Morgan fingerprint density at radius 2 is 1.32 bits per heavy atom. The van der Waals surface area contributed by atoms with Crippen LogP contribution in [0, 0.1) is 0 Å². The van der Waals surface area contributed by atoms with Crippen molar-refractivity contribution in [1.82, 2.24) is 4.90 Å². The van der Waals surface area contributed by atoms with Gasteiger partial charge in [0.15, 0.2) is 6.61 Å². The fraction of sp³-hybridized carbons (Fsp3) is 0.231. The first-order valence-corrected chi connectivity index (χ1v) is 10.4. The van der Waals surface area contributed by atoms with Gasteiger partial charge in [0.1, 0.15) is 5.75 Å². The number of benzene rings is 3. The smallest absolute Gasteiger partial charge is 0.303 e. The number of aliphatic carboxylic acids is 1. The van der Waals surface area contributed by atoms with Crippen LogP contribution in [0.5, 0.6) is 5.75 Å². The van der Waals surface area contributed by atoms with Gasteiger partial charge in [0.25, 0.3) is 5.91 Å². The first-order valence-electron chi connectivity index (χ1n) is 10.4. The molecule has 3 rings (SSSR count). The Labute approximate surface area is 182 Å². The van der Waals surface area contributed by atoms with Gasteiger partial charge >= 0.3 is 5.97 Å². The highest BCUT2D eigenvalue weighted by molar-refractivity contribution is 5.77. The van der Waals surface area contributed by atoms with Crippen LogP contribution < -0.4 is 4.74 Å². The average molecular weight is 418 g/mol. The van der Waals surface area contributed by atoms with E-state index >= 15 is 0 Å². The molecule has 0 heterocycles. The van der Waals surface area contributed by atoms with E-state index in [4.69, 9.17) is 9.84 Å². The molecule has 0 unspecified atom stereocenters. The summed E-state index contributed by atoms with van der Waals surface area (Å²) < 4.78 is 5.71. The lowest BCUT2D eigenvalue weighted by atomic mass is 10.1. The van der Waals surface area contributed by atoms with Gasteiger partial charge in [-0.2, -0.15) is 0 Å². The third kappa shape index (κ3) is 7.63. The van der Waals surface area contributed by atoms with Crippen molar-refractivity contribution in [2.75, 3.05) is 13.2 Å². The molecule has 1 N–H and O–H groups in total. The Bertz CT molecular complexity index is 956. The van der Waals surface area contributed by atoms with E-state index in [-0.39, 0.29) is 18.9 Å². The number of carbonyl (C=O) groups is 2. The lowest BCUT2D eigenvalue weighted by Gasteiger charge is -2.23. The van der Waals surface area contributed by atoms with Crippen molar-refractivity contribution in [1.29, 1.82) is 0 Å². The fourth-order valence-corrected chi connectivity index (χ4v) is 3.24. The van der Waals surface area contributed by atoms with Gasteiger partial charge in [0.05, 0.1) is 0 Å². The van der Waals surface area contributed by atoms with Crippen molar-refractivity contribution in [2.45, 2.75) is 25.8 Å². The van der Waals surface area contributed by atoms with Gasteiger partial charge in [0, 0.05) is 19.5 Å². The molecule has 0 aliphatic heterocycles. The van der Waals surface area contributed by atoms with Crippen molar-refractivity contribution in [2.24, 2.45) is 0 Å². The third-order valence-electron chi connectivity index (χ3n) is 5.00. The summed E-state index contributed by atoms with van der Waals surface area (Å²) in [6, 6.07) is 27.3. The number of ether oxygens (including phenoxy) is 1. The first kappa shape index (κ1) is 22.1. The number of hydrogen-bond donors (Lipinski definition) is 1. The Kier molecular flexibility index (Phi) is 8.23. The molecule has 1 amide bonds. The van der Waals surface area contributed by atoms with Crippen LogP contribution in [0.2, 0.25) is 0 Å². The molecular weight excluding hydrogens is 390 g/mol. The van der Waals surface area contributed by atoms with E-state index in [2.05, 4.69) is 12.1 Å². The van der Waals surface area contributed by atoms with E-state index in [0.717, 1.165) is 17.5 Å². The third-order valence-corrected chi connectivity index (χ3v) is 5.00. The van der Waals surface area contributed by atoms with Crippen LogP contribution >= 0.6 is 0 Å². The molecule has 0 atom stereocenters. The van der Waals surface area contributed by atoms with Gasteiger partial charge in [-0.05, 0) is 41.7 Å². The molecule has 3 aromatic carbocycles. The maximum atomic E-state index is 12.9. The number of carbonyl (C=O) groups excluding carboxylic acids is 1. The molecule has 0 aliphatic rings. The number of nitrogens with zero attached hydrogens (tertiary/aromatic N) is 1. The topological polar surface area (TPSA) is 66.8 Å². The normalized spacial score (nSPS) is 10.5. The van der Waals surface area contributed by atoms with Crippen molar-refractivity contribution in [3.8, 4) is 5.75 Å².